The van der Waals surface area contributed by atoms with E-state index in [1.165, 1.54) is 7.11 Å². The highest BCUT2D eigenvalue weighted by molar-refractivity contribution is 7.80. The molecule has 3 aromatic rings. The zero-order valence-corrected chi connectivity index (χ0v) is 18.1. The minimum absolute atomic E-state index is 0.0474. The van der Waals surface area contributed by atoms with Gasteiger partial charge in [-0.2, -0.15) is 0 Å². The Bertz CT molecular complexity index is 966. The van der Waals surface area contributed by atoms with Crippen LogP contribution < -0.4 is 15.9 Å². The van der Waals surface area contributed by atoms with Gasteiger partial charge in [-0.3, -0.25) is 4.79 Å². The number of hydrogen-bond acceptors (Lipinski definition) is 3. The second-order valence-electron chi connectivity index (χ2n) is 7.81. The second-order valence-corrected chi connectivity index (χ2v) is 9.99. The summed E-state index contributed by atoms with van der Waals surface area (Å²) in [6.07, 6.45) is 0. The fraction of sp³-hybridized carbons (Fsp3) is 0.200. The van der Waals surface area contributed by atoms with Gasteiger partial charge < -0.3 is 4.74 Å². The third-order valence-corrected chi connectivity index (χ3v) is 7.10. The summed E-state index contributed by atoms with van der Waals surface area (Å²) in [4.78, 5) is 25.5. The number of ketones is 1. The normalized spacial score (nSPS) is 11.3. The monoisotopic (exact) mass is 404 g/mol. The smallest absolute Gasteiger partial charge is 0.338 e. The highest BCUT2D eigenvalue weighted by Crippen LogP contribution is 2.35. The summed E-state index contributed by atoms with van der Waals surface area (Å²) in [5, 5.41) is 3.05. The zero-order chi connectivity index (χ0) is 21.0. The maximum Gasteiger partial charge on any atom is 0.338 e. The molecule has 4 heteroatoms. The van der Waals surface area contributed by atoms with E-state index in [2.05, 4.69) is 24.3 Å². The predicted molar refractivity (Wildman–Crippen MR) is 120 cm³/mol. The van der Waals surface area contributed by atoms with E-state index in [-0.39, 0.29) is 5.78 Å². The molecular weight excluding hydrogens is 379 g/mol. The van der Waals surface area contributed by atoms with E-state index in [1.807, 2.05) is 63.2 Å². The van der Waals surface area contributed by atoms with Crippen LogP contribution in [0.4, 0.5) is 0 Å². The van der Waals surface area contributed by atoms with E-state index in [0.29, 0.717) is 11.1 Å². The lowest BCUT2D eigenvalue weighted by Gasteiger charge is -2.23. The molecule has 29 heavy (non-hydrogen) atoms. The lowest BCUT2D eigenvalue weighted by molar-refractivity contribution is 0.0602. The average molecular weight is 404 g/mol. The number of carbonyl (C=O) groups is 2. The molecule has 0 radical (unpaired) electrons. The fourth-order valence-corrected chi connectivity index (χ4v) is 5.62. The van der Waals surface area contributed by atoms with Crippen LogP contribution in [0.3, 0.4) is 0 Å². The first kappa shape index (κ1) is 21.0. The molecule has 0 saturated carbocycles. The molecule has 0 N–H and O–H groups in total. The Balaban J connectivity index is 2.27. The molecule has 0 aliphatic carbocycles. The van der Waals surface area contributed by atoms with Crippen LogP contribution >= 0.6 is 7.92 Å². The number of ether oxygens (including phenoxy) is 1. The fourth-order valence-electron chi connectivity index (χ4n) is 3.15. The lowest BCUT2D eigenvalue weighted by atomic mass is 9.86. The summed E-state index contributed by atoms with van der Waals surface area (Å²) in [6, 6.07) is 25.5. The Morgan fingerprint density at radius 2 is 1.31 bits per heavy atom. The van der Waals surface area contributed by atoms with Gasteiger partial charge in [-0.05, 0) is 30.7 Å². The summed E-state index contributed by atoms with van der Waals surface area (Å²) in [7, 11) is 0.348. The predicted octanol–water partition coefficient (Wildman–Crippen LogP) is 4.46. The van der Waals surface area contributed by atoms with Gasteiger partial charge in [0.15, 0.2) is 5.78 Å². The molecule has 0 spiro atoms. The van der Waals surface area contributed by atoms with Crippen LogP contribution in [0.1, 0.15) is 41.5 Å². The topological polar surface area (TPSA) is 43.4 Å². The van der Waals surface area contributed by atoms with Crippen LogP contribution in [0.15, 0.2) is 78.9 Å². The molecular formula is C25H25O3P. The summed E-state index contributed by atoms with van der Waals surface area (Å²) in [5.74, 6) is -0.347. The average Bonchev–Trinajstić information content (AvgIpc) is 2.73. The van der Waals surface area contributed by atoms with Crippen LogP contribution in [0.5, 0.6) is 0 Å². The summed E-state index contributed by atoms with van der Waals surface area (Å²) >= 11 is 0. The molecule has 0 atom stereocenters. The Morgan fingerprint density at radius 3 is 1.76 bits per heavy atom. The molecule has 0 bridgehead atoms. The molecule has 0 fully saturated rings. The van der Waals surface area contributed by atoms with Crippen molar-refractivity contribution in [2.45, 2.75) is 20.8 Å². The number of rotatable bonds is 5. The first-order chi connectivity index (χ1) is 13.8. The molecule has 0 aromatic heterocycles. The first-order valence-corrected chi connectivity index (χ1v) is 10.8. The number of carbonyl (C=O) groups excluding carboxylic acids is 2. The van der Waals surface area contributed by atoms with Gasteiger partial charge in [-0.1, -0.05) is 87.5 Å². The molecule has 3 nitrogen and oxygen atoms in total. The van der Waals surface area contributed by atoms with Gasteiger partial charge in [0.1, 0.15) is 0 Å². The van der Waals surface area contributed by atoms with Crippen LogP contribution in [0.25, 0.3) is 0 Å². The largest absolute Gasteiger partial charge is 0.465 e. The Morgan fingerprint density at radius 1 is 0.793 bits per heavy atom. The van der Waals surface area contributed by atoms with Gasteiger partial charge in [-0.25, -0.2) is 4.79 Å². The lowest BCUT2D eigenvalue weighted by Crippen LogP contribution is -2.28. The van der Waals surface area contributed by atoms with Crippen molar-refractivity contribution in [1.29, 1.82) is 0 Å². The minimum atomic E-state index is -1.03. The van der Waals surface area contributed by atoms with Crippen molar-refractivity contribution in [3.8, 4) is 0 Å². The van der Waals surface area contributed by atoms with Gasteiger partial charge in [-0.15, -0.1) is 0 Å². The molecule has 0 amide bonds. The standard InChI is InChI=1S/C25H25O3P/c1-25(2,3)23(26)18-15-16-21(24(27)28-4)22(17-18)29(19-11-7-5-8-12-19)20-13-9-6-10-14-20/h5-17H,1-4H3. The van der Waals surface area contributed by atoms with Crippen molar-refractivity contribution in [3.63, 3.8) is 0 Å². The van der Waals surface area contributed by atoms with E-state index >= 15 is 0 Å². The maximum absolute atomic E-state index is 13.0. The summed E-state index contributed by atoms with van der Waals surface area (Å²) < 4.78 is 5.05. The zero-order valence-electron chi connectivity index (χ0n) is 17.2. The maximum atomic E-state index is 13.0. The minimum Gasteiger partial charge on any atom is -0.465 e. The van der Waals surface area contributed by atoms with E-state index in [9.17, 15) is 9.59 Å². The number of esters is 1. The highest BCUT2D eigenvalue weighted by Gasteiger charge is 2.28. The molecule has 0 aliphatic heterocycles. The second kappa shape index (κ2) is 8.71. The SMILES string of the molecule is COC(=O)c1ccc(C(=O)C(C)(C)C)cc1P(c1ccccc1)c1ccccc1. The van der Waals surface area contributed by atoms with Gasteiger partial charge in [0.25, 0.3) is 0 Å². The molecule has 0 heterocycles. The van der Waals surface area contributed by atoms with Crippen molar-refractivity contribution < 1.29 is 14.3 Å². The third kappa shape index (κ3) is 4.63. The van der Waals surface area contributed by atoms with Gasteiger partial charge in [0.05, 0.1) is 12.7 Å². The molecule has 3 rings (SSSR count). The number of benzene rings is 3. The third-order valence-electron chi connectivity index (χ3n) is 4.62. The molecule has 0 aliphatic rings. The number of methoxy groups -OCH3 is 1. The molecule has 0 saturated heterocycles. The Kier molecular flexibility index (Phi) is 6.30. The van der Waals surface area contributed by atoms with Crippen LogP contribution in [-0.2, 0) is 4.74 Å². The van der Waals surface area contributed by atoms with E-state index in [1.54, 1.807) is 12.1 Å². The van der Waals surface area contributed by atoms with Crippen molar-refractivity contribution >= 4 is 35.6 Å². The summed E-state index contributed by atoms with van der Waals surface area (Å²) in [5.41, 5.74) is 0.600. The van der Waals surface area contributed by atoms with Crippen LogP contribution in [-0.4, -0.2) is 18.9 Å². The van der Waals surface area contributed by atoms with Gasteiger partial charge in [0.2, 0.25) is 0 Å². The molecule has 3 aromatic carbocycles. The van der Waals surface area contributed by atoms with Crippen molar-refractivity contribution in [3.05, 3.63) is 90.0 Å². The van der Waals surface area contributed by atoms with E-state index < -0.39 is 19.3 Å². The first-order valence-electron chi connectivity index (χ1n) is 9.50. The van der Waals surface area contributed by atoms with Crippen molar-refractivity contribution in [1.82, 2.24) is 0 Å². The van der Waals surface area contributed by atoms with Crippen molar-refractivity contribution in [2.75, 3.05) is 7.11 Å². The van der Waals surface area contributed by atoms with Crippen LogP contribution in [0, 0.1) is 5.41 Å². The summed E-state index contributed by atoms with van der Waals surface area (Å²) in [6.45, 7) is 5.71. The van der Waals surface area contributed by atoms with Gasteiger partial charge >= 0.3 is 5.97 Å². The van der Waals surface area contributed by atoms with Crippen molar-refractivity contribution in [2.24, 2.45) is 5.41 Å². The van der Waals surface area contributed by atoms with Gasteiger partial charge in [0, 0.05) is 16.3 Å². The molecule has 0 unspecified atom stereocenters. The Hall–Kier alpha value is -2.77. The Labute approximate surface area is 173 Å². The number of Topliss-reactive ketones (excluding diaryl/α,β-unsaturated/α-hetero) is 1. The molecule has 148 valence electrons. The van der Waals surface area contributed by atoms with E-state index in [4.69, 9.17) is 4.74 Å². The quantitative estimate of drug-likeness (QED) is 0.358. The van der Waals surface area contributed by atoms with Crippen LogP contribution in [0.2, 0.25) is 0 Å². The number of hydrogen-bond donors (Lipinski definition) is 0. The highest BCUT2D eigenvalue weighted by atomic mass is 31.1. The van der Waals surface area contributed by atoms with E-state index in [0.717, 1.165) is 15.9 Å².